The highest BCUT2D eigenvalue weighted by molar-refractivity contribution is 7.80. The molecule has 0 unspecified atom stereocenters. The summed E-state index contributed by atoms with van der Waals surface area (Å²) >= 11 is 11.6. The zero-order valence-electron chi connectivity index (χ0n) is 13.5. The van der Waals surface area contributed by atoms with Gasteiger partial charge in [0.1, 0.15) is 0 Å². The van der Waals surface area contributed by atoms with E-state index in [1.807, 2.05) is 12.1 Å². The molecule has 0 spiro atoms. The summed E-state index contributed by atoms with van der Waals surface area (Å²) < 4.78 is 0. The number of halogens is 1. The second-order valence-electron chi connectivity index (χ2n) is 6.23. The number of anilines is 1. The Morgan fingerprint density at radius 1 is 1.12 bits per heavy atom. The van der Waals surface area contributed by atoms with Crippen molar-refractivity contribution >= 4 is 34.9 Å². The van der Waals surface area contributed by atoms with Gasteiger partial charge in [-0.15, -0.1) is 0 Å². The van der Waals surface area contributed by atoms with Crippen LogP contribution in [0.15, 0.2) is 42.7 Å². The molecule has 2 N–H and O–H groups in total. The molecule has 1 fully saturated rings. The molecule has 0 saturated heterocycles. The summed E-state index contributed by atoms with van der Waals surface area (Å²) in [6, 6.07) is 10.00. The summed E-state index contributed by atoms with van der Waals surface area (Å²) in [6.45, 7) is 0.784. The SMILES string of the molecule is S=C(NCC1(c2cccc(Cl)c2)CCCCC1)Nc1ncccn1. The summed E-state index contributed by atoms with van der Waals surface area (Å²) in [5.41, 5.74) is 1.37. The Hall–Kier alpha value is -1.72. The number of aromatic nitrogens is 2. The average molecular weight is 361 g/mol. The van der Waals surface area contributed by atoms with E-state index in [-0.39, 0.29) is 5.41 Å². The minimum absolute atomic E-state index is 0.0758. The Morgan fingerprint density at radius 2 is 1.88 bits per heavy atom. The second-order valence-corrected chi connectivity index (χ2v) is 7.08. The standard InChI is InChI=1S/C18H21ClN4S/c19-15-7-4-6-14(12-15)18(8-2-1-3-9-18)13-22-17(24)23-16-20-10-5-11-21-16/h4-7,10-12H,1-3,8-9,13H2,(H2,20,21,22,23,24). The first-order chi connectivity index (χ1) is 11.7. The molecule has 0 bridgehead atoms. The van der Waals surface area contributed by atoms with Gasteiger partial charge in [-0.3, -0.25) is 0 Å². The molecule has 126 valence electrons. The van der Waals surface area contributed by atoms with Gasteiger partial charge in [-0.05, 0) is 48.8 Å². The summed E-state index contributed by atoms with van der Waals surface area (Å²) in [7, 11) is 0. The van der Waals surface area contributed by atoms with Gasteiger partial charge in [-0.1, -0.05) is 43.0 Å². The fraction of sp³-hybridized carbons (Fsp3) is 0.389. The number of thiocarbonyl (C=S) groups is 1. The van der Waals surface area contributed by atoms with E-state index < -0.39 is 0 Å². The van der Waals surface area contributed by atoms with E-state index in [4.69, 9.17) is 23.8 Å². The molecule has 2 aromatic rings. The van der Waals surface area contributed by atoms with Crippen molar-refractivity contribution in [3.8, 4) is 0 Å². The highest BCUT2D eigenvalue weighted by Gasteiger charge is 2.34. The molecule has 6 heteroatoms. The maximum Gasteiger partial charge on any atom is 0.228 e. The molecule has 1 aliphatic rings. The lowest BCUT2D eigenvalue weighted by Crippen LogP contribution is -2.43. The van der Waals surface area contributed by atoms with Crippen LogP contribution in [0.2, 0.25) is 5.02 Å². The van der Waals surface area contributed by atoms with Crippen molar-refractivity contribution in [2.24, 2.45) is 0 Å². The minimum Gasteiger partial charge on any atom is -0.361 e. The van der Waals surface area contributed by atoms with E-state index in [2.05, 4.69) is 32.7 Å². The van der Waals surface area contributed by atoms with Crippen LogP contribution in [0.1, 0.15) is 37.7 Å². The van der Waals surface area contributed by atoms with Crippen molar-refractivity contribution in [3.05, 3.63) is 53.3 Å². The molecule has 24 heavy (non-hydrogen) atoms. The van der Waals surface area contributed by atoms with Crippen LogP contribution in [-0.4, -0.2) is 21.6 Å². The second kappa shape index (κ2) is 7.90. The quantitative estimate of drug-likeness (QED) is 0.795. The van der Waals surface area contributed by atoms with Gasteiger partial charge in [-0.2, -0.15) is 0 Å². The molecule has 4 nitrogen and oxygen atoms in total. The van der Waals surface area contributed by atoms with Crippen molar-refractivity contribution in [2.75, 3.05) is 11.9 Å². The van der Waals surface area contributed by atoms with Gasteiger partial charge < -0.3 is 10.6 Å². The third kappa shape index (κ3) is 4.22. The zero-order valence-corrected chi connectivity index (χ0v) is 15.0. The molecule has 0 atom stereocenters. The molecule has 0 aliphatic heterocycles. The first-order valence-electron chi connectivity index (χ1n) is 8.26. The van der Waals surface area contributed by atoms with Crippen LogP contribution in [0, 0.1) is 0 Å². The van der Waals surface area contributed by atoms with Crippen molar-refractivity contribution in [3.63, 3.8) is 0 Å². The molecular formula is C18H21ClN4S. The Kier molecular flexibility index (Phi) is 5.63. The van der Waals surface area contributed by atoms with Crippen LogP contribution in [0.5, 0.6) is 0 Å². The van der Waals surface area contributed by atoms with E-state index in [1.165, 1.54) is 24.8 Å². The predicted molar refractivity (Wildman–Crippen MR) is 102 cm³/mol. The molecule has 1 aromatic heterocycles. The minimum atomic E-state index is 0.0758. The number of nitrogens with one attached hydrogen (secondary N) is 2. The molecule has 3 rings (SSSR count). The molecule has 1 aliphatic carbocycles. The van der Waals surface area contributed by atoms with Crippen molar-refractivity contribution in [1.29, 1.82) is 0 Å². The lowest BCUT2D eigenvalue weighted by molar-refractivity contribution is 0.292. The predicted octanol–water partition coefficient (Wildman–Crippen LogP) is 4.32. The number of hydrogen-bond donors (Lipinski definition) is 2. The molecule has 1 aromatic carbocycles. The third-order valence-electron chi connectivity index (χ3n) is 4.63. The maximum atomic E-state index is 6.22. The van der Waals surface area contributed by atoms with E-state index in [1.54, 1.807) is 18.5 Å². The van der Waals surface area contributed by atoms with Crippen molar-refractivity contribution in [2.45, 2.75) is 37.5 Å². The van der Waals surface area contributed by atoms with Gasteiger partial charge in [0.25, 0.3) is 0 Å². The lowest BCUT2D eigenvalue weighted by Gasteiger charge is -2.38. The average Bonchev–Trinajstić information content (AvgIpc) is 2.62. The molecule has 1 saturated carbocycles. The van der Waals surface area contributed by atoms with Gasteiger partial charge in [-0.25, -0.2) is 9.97 Å². The summed E-state index contributed by atoms with van der Waals surface area (Å²) in [5.74, 6) is 0.510. The highest BCUT2D eigenvalue weighted by Crippen LogP contribution is 2.39. The highest BCUT2D eigenvalue weighted by atomic mass is 35.5. The van der Waals surface area contributed by atoms with Crippen LogP contribution in [0.4, 0.5) is 5.95 Å². The van der Waals surface area contributed by atoms with E-state index >= 15 is 0 Å². The fourth-order valence-electron chi connectivity index (χ4n) is 3.37. The fourth-order valence-corrected chi connectivity index (χ4v) is 3.73. The third-order valence-corrected chi connectivity index (χ3v) is 5.11. The normalized spacial score (nSPS) is 16.4. The van der Waals surface area contributed by atoms with Crippen LogP contribution < -0.4 is 10.6 Å². The summed E-state index contributed by atoms with van der Waals surface area (Å²) in [5, 5.41) is 7.73. The Labute approximate surface area is 153 Å². The number of hydrogen-bond acceptors (Lipinski definition) is 3. The molecule has 0 amide bonds. The van der Waals surface area contributed by atoms with Crippen LogP contribution in [-0.2, 0) is 5.41 Å². The zero-order chi connectivity index (χ0) is 16.8. The molecule has 1 heterocycles. The van der Waals surface area contributed by atoms with Crippen molar-refractivity contribution in [1.82, 2.24) is 15.3 Å². The Morgan fingerprint density at radius 3 is 2.58 bits per heavy atom. The Balaban J connectivity index is 1.70. The van der Waals surface area contributed by atoms with Crippen LogP contribution in [0.25, 0.3) is 0 Å². The maximum absolute atomic E-state index is 6.22. The Bertz CT molecular complexity index is 686. The van der Waals surface area contributed by atoms with E-state index in [9.17, 15) is 0 Å². The number of nitrogens with zero attached hydrogens (tertiary/aromatic N) is 2. The molecular weight excluding hydrogens is 340 g/mol. The smallest absolute Gasteiger partial charge is 0.228 e. The summed E-state index contributed by atoms with van der Waals surface area (Å²) in [6.07, 6.45) is 9.42. The monoisotopic (exact) mass is 360 g/mol. The van der Waals surface area contributed by atoms with Gasteiger partial charge in [0.2, 0.25) is 5.95 Å². The van der Waals surface area contributed by atoms with Crippen LogP contribution in [0.3, 0.4) is 0 Å². The van der Waals surface area contributed by atoms with E-state index in [0.29, 0.717) is 11.1 Å². The summed E-state index contributed by atoms with van der Waals surface area (Å²) in [4.78, 5) is 8.27. The number of rotatable bonds is 4. The molecule has 0 radical (unpaired) electrons. The van der Waals surface area contributed by atoms with Gasteiger partial charge in [0, 0.05) is 29.4 Å². The largest absolute Gasteiger partial charge is 0.361 e. The first kappa shape index (κ1) is 17.1. The van der Waals surface area contributed by atoms with Gasteiger partial charge in [0.05, 0.1) is 0 Å². The topological polar surface area (TPSA) is 49.8 Å². The first-order valence-corrected chi connectivity index (χ1v) is 9.05. The van der Waals surface area contributed by atoms with E-state index in [0.717, 1.165) is 24.4 Å². The van der Waals surface area contributed by atoms with Crippen molar-refractivity contribution < 1.29 is 0 Å². The number of benzene rings is 1. The van der Waals surface area contributed by atoms with Gasteiger partial charge in [0.15, 0.2) is 5.11 Å². The van der Waals surface area contributed by atoms with Gasteiger partial charge >= 0.3 is 0 Å². The lowest BCUT2D eigenvalue weighted by atomic mass is 9.69. The van der Waals surface area contributed by atoms with Crippen LogP contribution >= 0.6 is 23.8 Å².